The highest BCUT2D eigenvalue weighted by Gasteiger charge is 2.40. The normalized spacial score (nSPS) is 24.1. The van der Waals surface area contributed by atoms with Gasteiger partial charge in [-0.15, -0.1) is 0 Å². The molecule has 0 unspecified atom stereocenters. The number of para-hydroxylation sites is 1. The average molecular weight is 428 g/mol. The molecule has 0 saturated heterocycles. The molecule has 0 radical (unpaired) electrons. The maximum absolute atomic E-state index is 12.3. The molecule has 5 nitrogen and oxygen atoms in total. The standard InChI is InChI=1S/C21H18BrNO4/c1-25-21(24)14-7-3-6-12-11-4-2-5-13(11)20(23-19(12)14)15-8-17-18(9-16(15)22)27-10-26-17/h2-4,6-9,11,13,20,23H,5,10H2,1H3/t11-,13-,20-/m1/s1. The zero-order valence-electron chi connectivity index (χ0n) is 14.7. The molecule has 27 heavy (non-hydrogen) atoms. The summed E-state index contributed by atoms with van der Waals surface area (Å²) >= 11 is 3.70. The van der Waals surface area contributed by atoms with E-state index in [0.29, 0.717) is 11.5 Å². The summed E-state index contributed by atoms with van der Waals surface area (Å²) in [6.07, 6.45) is 5.45. The second kappa shape index (κ2) is 6.30. The van der Waals surface area contributed by atoms with Gasteiger partial charge in [0.25, 0.3) is 0 Å². The van der Waals surface area contributed by atoms with Gasteiger partial charge in [0, 0.05) is 10.4 Å². The van der Waals surface area contributed by atoms with E-state index in [1.54, 1.807) is 0 Å². The van der Waals surface area contributed by atoms with Gasteiger partial charge in [0.2, 0.25) is 6.79 Å². The van der Waals surface area contributed by atoms with Gasteiger partial charge in [0.1, 0.15) is 0 Å². The summed E-state index contributed by atoms with van der Waals surface area (Å²) < 4.78 is 17.0. The van der Waals surface area contributed by atoms with E-state index in [1.165, 1.54) is 7.11 Å². The number of methoxy groups -OCH3 is 1. The molecule has 3 atom stereocenters. The molecule has 2 aromatic rings. The van der Waals surface area contributed by atoms with Gasteiger partial charge in [0.05, 0.1) is 24.4 Å². The number of hydrogen-bond acceptors (Lipinski definition) is 5. The first kappa shape index (κ1) is 16.7. The van der Waals surface area contributed by atoms with Crippen LogP contribution in [-0.4, -0.2) is 19.9 Å². The van der Waals surface area contributed by atoms with Crippen LogP contribution in [0.3, 0.4) is 0 Å². The molecule has 0 aromatic heterocycles. The van der Waals surface area contributed by atoms with Gasteiger partial charge in [-0.25, -0.2) is 4.79 Å². The zero-order valence-corrected chi connectivity index (χ0v) is 16.3. The van der Waals surface area contributed by atoms with Crippen LogP contribution in [0.25, 0.3) is 0 Å². The van der Waals surface area contributed by atoms with Crippen molar-refractivity contribution in [3.8, 4) is 11.5 Å². The quantitative estimate of drug-likeness (QED) is 0.551. The lowest BCUT2D eigenvalue weighted by molar-refractivity contribution is 0.0601. The fourth-order valence-electron chi connectivity index (χ4n) is 4.38. The summed E-state index contributed by atoms with van der Waals surface area (Å²) in [6.45, 7) is 0.242. The molecule has 2 aliphatic heterocycles. The Labute approximate surface area is 165 Å². The Morgan fingerprint density at radius 1 is 1.22 bits per heavy atom. The van der Waals surface area contributed by atoms with Crippen LogP contribution in [0, 0.1) is 5.92 Å². The zero-order chi connectivity index (χ0) is 18.5. The molecular formula is C21H18BrNO4. The summed E-state index contributed by atoms with van der Waals surface area (Å²) in [4.78, 5) is 12.3. The molecule has 1 N–H and O–H groups in total. The SMILES string of the molecule is COC(=O)c1cccc2c1N[C@@H](c1cc3c(cc1Br)OCO3)[C@@H]1CC=C[C@H]21. The largest absolute Gasteiger partial charge is 0.465 e. The van der Waals surface area contributed by atoms with E-state index in [1.807, 2.05) is 24.3 Å². The van der Waals surface area contributed by atoms with E-state index in [4.69, 9.17) is 14.2 Å². The number of halogens is 1. The maximum atomic E-state index is 12.3. The van der Waals surface area contributed by atoms with Crippen molar-refractivity contribution < 1.29 is 19.0 Å². The van der Waals surface area contributed by atoms with Crippen LogP contribution in [0.5, 0.6) is 11.5 Å². The number of nitrogens with one attached hydrogen (secondary N) is 1. The fraction of sp³-hybridized carbons (Fsp3) is 0.286. The van der Waals surface area contributed by atoms with Crippen molar-refractivity contribution in [2.24, 2.45) is 5.92 Å². The Morgan fingerprint density at radius 2 is 2.04 bits per heavy atom. The van der Waals surface area contributed by atoms with Crippen LogP contribution < -0.4 is 14.8 Å². The third-order valence-electron chi connectivity index (χ3n) is 5.63. The van der Waals surface area contributed by atoms with Gasteiger partial charge in [-0.2, -0.15) is 0 Å². The van der Waals surface area contributed by atoms with Crippen LogP contribution in [0.2, 0.25) is 0 Å². The highest BCUT2D eigenvalue weighted by Crippen LogP contribution is 2.53. The van der Waals surface area contributed by atoms with E-state index < -0.39 is 0 Å². The lowest BCUT2D eigenvalue weighted by atomic mass is 9.76. The number of benzene rings is 2. The molecule has 1 aliphatic carbocycles. The van der Waals surface area contributed by atoms with Crippen molar-refractivity contribution in [3.63, 3.8) is 0 Å². The second-order valence-corrected chi connectivity index (χ2v) is 7.82. The first-order valence-electron chi connectivity index (χ1n) is 8.91. The van der Waals surface area contributed by atoms with Gasteiger partial charge in [-0.05, 0) is 41.7 Å². The Bertz CT molecular complexity index is 971. The van der Waals surface area contributed by atoms with Crippen molar-refractivity contribution in [2.75, 3.05) is 19.2 Å². The Hall–Kier alpha value is -2.47. The average Bonchev–Trinajstić information content (AvgIpc) is 3.34. The fourth-order valence-corrected chi connectivity index (χ4v) is 4.95. The van der Waals surface area contributed by atoms with Gasteiger partial charge >= 0.3 is 5.97 Å². The first-order chi connectivity index (χ1) is 13.2. The molecule has 0 saturated carbocycles. The lowest BCUT2D eigenvalue weighted by Crippen LogP contribution is -2.30. The third-order valence-corrected chi connectivity index (χ3v) is 6.32. The van der Waals surface area contributed by atoms with Crippen LogP contribution in [0.15, 0.2) is 47.0 Å². The molecule has 2 heterocycles. The number of anilines is 1. The lowest BCUT2D eigenvalue weighted by Gasteiger charge is -2.38. The Morgan fingerprint density at radius 3 is 2.85 bits per heavy atom. The molecule has 2 aromatic carbocycles. The summed E-state index contributed by atoms with van der Waals surface area (Å²) in [6, 6.07) is 9.85. The van der Waals surface area contributed by atoms with Crippen molar-refractivity contribution >= 4 is 27.6 Å². The van der Waals surface area contributed by atoms with Gasteiger partial charge in [-0.3, -0.25) is 0 Å². The van der Waals surface area contributed by atoms with E-state index in [9.17, 15) is 4.79 Å². The molecule has 0 bridgehead atoms. The third kappa shape index (κ3) is 2.54. The van der Waals surface area contributed by atoms with E-state index in [0.717, 1.165) is 39.2 Å². The van der Waals surface area contributed by atoms with Crippen LogP contribution >= 0.6 is 15.9 Å². The van der Waals surface area contributed by atoms with Crippen molar-refractivity contribution in [2.45, 2.75) is 18.4 Å². The van der Waals surface area contributed by atoms with Gasteiger partial charge in [0.15, 0.2) is 11.5 Å². The molecule has 0 amide bonds. The summed E-state index contributed by atoms with van der Waals surface area (Å²) in [5, 5.41) is 3.63. The van der Waals surface area contributed by atoms with E-state index in [-0.39, 0.29) is 24.7 Å². The minimum absolute atomic E-state index is 0.0344. The van der Waals surface area contributed by atoms with Crippen LogP contribution in [-0.2, 0) is 4.74 Å². The summed E-state index contributed by atoms with van der Waals surface area (Å²) in [5.41, 5.74) is 3.66. The van der Waals surface area contributed by atoms with Crippen molar-refractivity contribution in [3.05, 3.63) is 63.6 Å². The number of hydrogen-bond donors (Lipinski definition) is 1. The molecule has 138 valence electrons. The predicted octanol–water partition coefficient (Wildman–Crippen LogP) is 4.79. The molecular weight excluding hydrogens is 410 g/mol. The maximum Gasteiger partial charge on any atom is 0.339 e. The monoisotopic (exact) mass is 427 g/mol. The van der Waals surface area contributed by atoms with Gasteiger partial charge < -0.3 is 19.5 Å². The number of rotatable bonds is 2. The highest BCUT2D eigenvalue weighted by molar-refractivity contribution is 9.10. The number of fused-ring (bicyclic) bond motifs is 4. The summed E-state index contributed by atoms with van der Waals surface area (Å²) in [5.74, 6) is 1.79. The highest BCUT2D eigenvalue weighted by atomic mass is 79.9. The molecule has 6 heteroatoms. The number of esters is 1. The minimum Gasteiger partial charge on any atom is -0.465 e. The predicted molar refractivity (Wildman–Crippen MR) is 104 cm³/mol. The molecule has 5 rings (SSSR count). The van der Waals surface area contributed by atoms with E-state index >= 15 is 0 Å². The van der Waals surface area contributed by atoms with Crippen LogP contribution in [0.1, 0.15) is 39.9 Å². The Balaban J connectivity index is 1.64. The molecule has 3 aliphatic rings. The van der Waals surface area contributed by atoms with E-state index in [2.05, 4.69) is 39.5 Å². The number of carbonyl (C=O) groups excluding carboxylic acids is 1. The van der Waals surface area contributed by atoms with Crippen molar-refractivity contribution in [1.82, 2.24) is 0 Å². The van der Waals surface area contributed by atoms with Crippen molar-refractivity contribution in [1.29, 1.82) is 0 Å². The number of allylic oxidation sites excluding steroid dienone is 2. The van der Waals surface area contributed by atoms with Gasteiger partial charge in [-0.1, -0.05) is 40.2 Å². The summed E-state index contributed by atoms with van der Waals surface area (Å²) in [7, 11) is 1.41. The molecule has 0 spiro atoms. The second-order valence-electron chi connectivity index (χ2n) is 6.96. The minimum atomic E-state index is -0.330. The number of ether oxygens (including phenoxy) is 3. The number of carbonyl (C=O) groups is 1. The topological polar surface area (TPSA) is 56.8 Å². The van der Waals surface area contributed by atoms with Crippen LogP contribution in [0.4, 0.5) is 5.69 Å². The smallest absolute Gasteiger partial charge is 0.339 e. The first-order valence-corrected chi connectivity index (χ1v) is 9.70. The molecule has 0 fully saturated rings. The Kier molecular flexibility index (Phi) is 3.90.